The molecule has 1 unspecified atom stereocenters. The second-order valence-electron chi connectivity index (χ2n) is 4.28. The molecule has 6 heteroatoms. The fraction of sp³-hybridized carbons (Fsp3) is 0.357. The molecule has 106 valence electrons. The number of hydrogen-bond donors (Lipinski definition) is 2. The van der Waals surface area contributed by atoms with E-state index in [1.54, 1.807) is 7.05 Å². The SMILES string of the molecule is CCNc1nc(SC(C)C(=O)NC)nc2ccccc12. The van der Waals surface area contributed by atoms with Crippen LogP contribution in [0.5, 0.6) is 0 Å². The van der Waals surface area contributed by atoms with E-state index in [2.05, 4.69) is 20.6 Å². The van der Waals surface area contributed by atoms with Gasteiger partial charge in [-0.05, 0) is 26.0 Å². The molecule has 0 aliphatic carbocycles. The second kappa shape index (κ2) is 6.56. The van der Waals surface area contributed by atoms with Gasteiger partial charge >= 0.3 is 0 Å². The molecule has 1 amide bonds. The maximum Gasteiger partial charge on any atom is 0.233 e. The highest BCUT2D eigenvalue weighted by Crippen LogP contribution is 2.26. The van der Waals surface area contributed by atoms with Crippen LogP contribution in [0.1, 0.15) is 13.8 Å². The zero-order chi connectivity index (χ0) is 14.5. The number of amides is 1. The number of para-hydroxylation sites is 1. The lowest BCUT2D eigenvalue weighted by molar-refractivity contribution is -0.119. The number of fused-ring (bicyclic) bond motifs is 1. The summed E-state index contributed by atoms with van der Waals surface area (Å²) in [6.45, 7) is 4.65. The van der Waals surface area contributed by atoms with E-state index in [-0.39, 0.29) is 11.2 Å². The molecule has 1 aromatic carbocycles. The molecular weight excluding hydrogens is 272 g/mol. The Morgan fingerprint density at radius 3 is 2.80 bits per heavy atom. The molecule has 1 heterocycles. The van der Waals surface area contributed by atoms with Crippen LogP contribution in [0, 0.1) is 0 Å². The van der Waals surface area contributed by atoms with Gasteiger partial charge in [-0.25, -0.2) is 9.97 Å². The Morgan fingerprint density at radius 2 is 2.10 bits per heavy atom. The fourth-order valence-corrected chi connectivity index (χ4v) is 2.66. The van der Waals surface area contributed by atoms with Crippen LogP contribution in [-0.2, 0) is 4.79 Å². The van der Waals surface area contributed by atoms with Gasteiger partial charge in [0.15, 0.2) is 5.16 Å². The van der Waals surface area contributed by atoms with Crippen LogP contribution < -0.4 is 10.6 Å². The number of nitrogens with zero attached hydrogens (tertiary/aromatic N) is 2. The van der Waals surface area contributed by atoms with Gasteiger partial charge in [-0.2, -0.15) is 0 Å². The van der Waals surface area contributed by atoms with Gasteiger partial charge in [-0.1, -0.05) is 23.9 Å². The van der Waals surface area contributed by atoms with Crippen LogP contribution in [0.2, 0.25) is 0 Å². The second-order valence-corrected chi connectivity index (χ2v) is 5.58. The Morgan fingerprint density at radius 1 is 1.35 bits per heavy atom. The number of carbonyl (C=O) groups is 1. The molecule has 2 rings (SSSR count). The highest BCUT2D eigenvalue weighted by molar-refractivity contribution is 8.00. The summed E-state index contributed by atoms with van der Waals surface area (Å²) in [5.74, 6) is 0.779. The summed E-state index contributed by atoms with van der Waals surface area (Å²) < 4.78 is 0. The van der Waals surface area contributed by atoms with Crippen molar-refractivity contribution in [1.29, 1.82) is 0 Å². The van der Waals surface area contributed by atoms with E-state index in [9.17, 15) is 4.79 Å². The Hall–Kier alpha value is -1.82. The van der Waals surface area contributed by atoms with Crippen LogP contribution in [-0.4, -0.2) is 34.7 Å². The van der Waals surface area contributed by atoms with E-state index in [4.69, 9.17) is 0 Å². The van der Waals surface area contributed by atoms with Crippen molar-refractivity contribution < 1.29 is 4.79 Å². The Labute approximate surface area is 122 Å². The first kappa shape index (κ1) is 14.6. The molecule has 0 radical (unpaired) electrons. The highest BCUT2D eigenvalue weighted by atomic mass is 32.2. The average Bonchev–Trinajstić information content (AvgIpc) is 2.46. The van der Waals surface area contributed by atoms with E-state index < -0.39 is 0 Å². The molecule has 0 spiro atoms. The van der Waals surface area contributed by atoms with Crippen molar-refractivity contribution in [3.63, 3.8) is 0 Å². The van der Waals surface area contributed by atoms with E-state index in [0.717, 1.165) is 23.3 Å². The van der Waals surface area contributed by atoms with Gasteiger partial charge in [-0.15, -0.1) is 0 Å². The summed E-state index contributed by atoms with van der Waals surface area (Å²) in [6.07, 6.45) is 0. The molecular formula is C14H18N4OS. The summed E-state index contributed by atoms with van der Waals surface area (Å²) in [4.78, 5) is 20.6. The van der Waals surface area contributed by atoms with Gasteiger partial charge in [0.25, 0.3) is 0 Å². The third-order valence-corrected chi connectivity index (χ3v) is 3.79. The lowest BCUT2D eigenvalue weighted by Gasteiger charge is -2.11. The van der Waals surface area contributed by atoms with Gasteiger partial charge < -0.3 is 10.6 Å². The summed E-state index contributed by atoms with van der Waals surface area (Å²) in [5, 5.41) is 7.25. The highest BCUT2D eigenvalue weighted by Gasteiger charge is 2.16. The minimum Gasteiger partial charge on any atom is -0.370 e. The van der Waals surface area contributed by atoms with Crippen molar-refractivity contribution in [2.24, 2.45) is 0 Å². The number of hydrogen-bond acceptors (Lipinski definition) is 5. The smallest absolute Gasteiger partial charge is 0.233 e. The van der Waals surface area contributed by atoms with Gasteiger partial charge in [0.05, 0.1) is 10.8 Å². The minimum atomic E-state index is -0.226. The molecule has 0 saturated heterocycles. The van der Waals surface area contributed by atoms with Crippen LogP contribution in [0.3, 0.4) is 0 Å². The number of anilines is 1. The maximum atomic E-state index is 11.6. The Kier molecular flexibility index (Phi) is 4.79. The number of nitrogens with one attached hydrogen (secondary N) is 2. The monoisotopic (exact) mass is 290 g/mol. The minimum absolute atomic E-state index is 0.0308. The van der Waals surface area contributed by atoms with E-state index in [1.165, 1.54) is 11.8 Å². The van der Waals surface area contributed by atoms with E-state index in [0.29, 0.717) is 5.16 Å². The van der Waals surface area contributed by atoms with Gasteiger partial charge in [0.1, 0.15) is 5.82 Å². The predicted molar refractivity (Wildman–Crippen MR) is 83.1 cm³/mol. The van der Waals surface area contributed by atoms with Crippen LogP contribution in [0.15, 0.2) is 29.4 Å². The van der Waals surface area contributed by atoms with Gasteiger partial charge in [0.2, 0.25) is 5.91 Å². The van der Waals surface area contributed by atoms with Crippen LogP contribution in [0.25, 0.3) is 10.9 Å². The Bertz CT molecular complexity index is 617. The summed E-state index contributed by atoms with van der Waals surface area (Å²) in [7, 11) is 1.63. The first-order chi connectivity index (χ1) is 9.65. The molecule has 2 N–H and O–H groups in total. The van der Waals surface area contributed by atoms with Crippen molar-refractivity contribution in [2.45, 2.75) is 24.3 Å². The van der Waals surface area contributed by atoms with E-state index in [1.807, 2.05) is 38.1 Å². The first-order valence-electron chi connectivity index (χ1n) is 6.54. The van der Waals surface area contributed by atoms with Crippen LogP contribution >= 0.6 is 11.8 Å². The largest absolute Gasteiger partial charge is 0.370 e. The molecule has 0 aliphatic rings. The molecule has 5 nitrogen and oxygen atoms in total. The fourth-order valence-electron chi connectivity index (χ4n) is 1.83. The molecule has 0 aliphatic heterocycles. The lowest BCUT2D eigenvalue weighted by Crippen LogP contribution is -2.27. The standard InChI is InChI=1S/C14H18N4OS/c1-4-16-12-10-7-5-6-8-11(10)17-14(18-12)20-9(2)13(19)15-3/h5-9H,4H2,1-3H3,(H,15,19)(H,16,17,18). The van der Waals surface area contributed by atoms with Gasteiger partial charge in [-0.3, -0.25) is 4.79 Å². The van der Waals surface area contributed by atoms with Crippen molar-refractivity contribution in [2.75, 3.05) is 18.9 Å². The van der Waals surface area contributed by atoms with Crippen molar-refractivity contribution in [3.05, 3.63) is 24.3 Å². The van der Waals surface area contributed by atoms with Crippen molar-refractivity contribution in [3.8, 4) is 0 Å². The Balaban J connectivity index is 2.37. The van der Waals surface area contributed by atoms with Crippen LogP contribution in [0.4, 0.5) is 5.82 Å². The summed E-state index contributed by atoms with van der Waals surface area (Å²) in [6, 6.07) is 7.85. The third-order valence-electron chi connectivity index (χ3n) is 2.82. The lowest BCUT2D eigenvalue weighted by atomic mass is 10.2. The third kappa shape index (κ3) is 3.19. The van der Waals surface area contributed by atoms with Crippen molar-refractivity contribution in [1.82, 2.24) is 15.3 Å². The van der Waals surface area contributed by atoms with E-state index >= 15 is 0 Å². The quantitative estimate of drug-likeness (QED) is 0.653. The summed E-state index contributed by atoms with van der Waals surface area (Å²) >= 11 is 1.36. The zero-order valence-electron chi connectivity index (χ0n) is 11.8. The van der Waals surface area contributed by atoms with Gasteiger partial charge in [0, 0.05) is 19.0 Å². The predicted octanol–water partition coefficient (Wildman–Crippen LogP) is 2.29. The number of rotatable bonds is 5. The normalized spacial score (nSPS) is 12.2. The topological polar surface area (TPSA) is 66.9 Å². The summed E-state index contributed by atoms with van der Waals surface area (Å²) in [5.41, 5.74) is 0.880. The molecule has 0 fully saturated rings. The van der Waals surface area contributed by atoms with Crippen molar-refractivity contribution >= 4 is 34.4 Å². The number of benzene rings is 1. The zero-order valence-corrected chi connectivity index (χ0v) is 12.6. The molecule has 20 heavy (non-hydrogen) atoms. The molecule has 0 saturated carbocycles. The molecule has 2 aromatic rings. The molecule has 0 bridgehead atoms. The average molecular weight is 290 g/mol. The molecule has 1 atom stereocenters. The number of aromatic nitrogens is 2. The molecule has 1 aromatic heterocycles. The number of thioether (sulfide) groups is 1. The maximum absolute atomic E-state index is 11.6. The number of carbonyl (C=O) groups excluding carboxylic acids is 1. The first-order valence-corrected chi connectivity index (χ1v) is 7.42.